The minimum absolute atomic E-state index is 0.0544. The number of halogens is 1. The van der Waals surface area contributed by atoms with Gasteiger partial charge < -0.3 is 15.0 Å². The third kappa shape index (κ3) is 4.67. The van der Waals surface area contributed by atoms with Gasteiger partial charge in [0.25, 0.3) is 5.91 Å². The Morgan fingerprint density at radius 1 is 1.17 bits per heavy atom. The van der Waals surface area contributed by atoms with Crippen molar-refractivity contribution in [1.82, 2.24) is 4.90 Å². The molecule has 1 atom stereocenters. The first kappa shape index (κ1) is 21.0. The molecule has 2 aromatic carbocycles. The summed E-state index contributed by atoms with van der Waals surface area (Å²) in [6, 6.07) is 11.2. The molecule has 154 valence electrons. The molecule has 2 aromatic rings. The minimum Gasteiger partial charge on any atom is -0.497 e. The smallest absolute Gasteiger partial charge is 0.251 e. The Kier molecular flexibility index (Phi) is 6.07. The average molecular weight is 415 g/mol. The van der Waals surface area contributed by atoms with Gasteiger partial charge in [-0.3, -0.25) is 9.59 Å². The van der Waals surface area contributed by atoms with Gasteiger partial charge in [0.15, 0.2) is 0 Å². The summed E-state index contributed by atoms with van der Waals surface area (Å²) in [5.41, 5.74) is 1.08. The monoisotopic (exact) mass is 414 g/mol. The largest absolute Gasteiger partial charge is 0.497 e. The van der Waals surface area contributed by atoms with Crippen LogP contribution in [0.3, 0.4) is 0 Å². The molecule has 1 aliphatic rings. The highest BCUT2D eigenvalue weighted by Gasteiger charge is 2.34. The van der Waals surface area contributed by atoms with Gasteiger partial charge in [-0.05, 0) is 41.4 Å². The maximum atomic E-state index is 14.6. The molecule has 0 saturated carbocycles. The van der Waals surface area contributed by atoms with Gasteiger partial charge in [0, 0.05) is 18.7 Å². The van der Waals surface area contributed by atoms with Crippen LogP contribution in [0.4, 0.5) is 10.1 Å². The minimum atomic E-state index is -1.81. The number of amides is 2. The second kappa shape index (κ2) is 8.37. The number of carbonyl (C=O) groups is 2. The van der Waals surface area contributed by atoms with Crippen molar-refractivity contribution < 1.29 is 18.7 Å². The van der Waals surface area contributed by atoms with Crippen molar-refractivity contribution in [2.75, 3.05) is 19.0 Å². The highest BCUT2D eigenvalue weighted by Crippen LogP contribution is 2.29. The zero-order chi connectivity index (χ0) is 21.2. The normalized spacial score (nSPS) is 15.3. The van der Waals surface area contributed by atoms with Crippen LogP contribution in [-0.2, 0) is 9.59 Å². The Bertz CT molecular complexity index is 909. The lowest BCUT2D eigenvalue weighted by molar-refractivity contribution is -0.135. The molecule has 1 heterocycles. The predicted molar refractivity (Wildman–Crippen MR) is 115 cm³/mol. The van der Waals surface area contributed by atoms with E-state index >= 15 is 0 Å². The van der Waals surface area contributed by atoms with E-state index in [1.165, 1.54) is 6.07 Å². The zero-order valence-electron chi connectivity index (χ0n) is 17.3. The highest BCUT2D eigenvalue weighted by molar-refractivity contribution is 6.88. The zero-order valence-corrected chi connectivity index (χ0v) is 18.3. The average Bonchev–Trinajstić information content (AvgIpc) is 3.07. The molecule has 0 aliphatic carbocycles. The maximum Gasteiger partial charge on any atom is 0.251 e. The van der Waals surface area contributed by atoms with Gasteiger partial charge in [0.1, 0.15) is 17.6 Å². The van der Waals surface area contributed by atoms with E-state index in [4.69, 9.17) is 4.74 Å². The second-order valence-corrected chi connectivity index (χ2v) is 13.3. The molecule has 3 rings (SSSR count). The first-order valence-electron chi connectivity index (χ1n) is 9.75. The van der Waals surface area contributed by atoms with Crippen LogP contribution < -0.4 is 15.2 Å². The lowest BCUT2D eigenvalue weighted by Gasteiger charge is -2.27. The molecule has 1 fully saturated rings. The lowest BCUT2D eigenvalue weighted by atomic mass is 10.0. The van der Waals surface area contributed by atoms with Crippen molar-refractivity contribution in [3.63, 3.8) is 0 Å². The topological polar surface area (TPSA) is 58.6 Å². The van der Waals surface area contributed by atoms with E-state index < -0.39 is 14.1 Å². The molecule has 1 N–H and O–H groups in total. The first-order valence-corrected chi connectivity index (χ1v) is 13.2. The summed E-state index contributed by atoms with van der Waals surface area (Å²) in [5, 5.41) is 3.52. The standard InChI is InChI=1S/C22H27FN2O3Si/c1-28-17-10-7-15(8-11-17)21(25-13-5-6-20(25)26)22(27)24-16-9-12-19(18(23)14-16)29(2,3)4/h7-12,14,21H,5-6,13H2,1-4H3,(H,24,27)/t21-/m1/s1. The summed E-state index contributed by atoms with van der Waals surface area (Å²) in [6.45, 7) is 6.74. The fourth-order valence-corrected chi connectivity index (χ4v) is 4.98. The van der Waals surface area contributed by atoms with E-state index in [2.05, 4.69) is 25.0 Å². The number of rotatable bonds is 6. The van der Waals surface area contributed by atoms with E-state index in [0.29, 0.717) is 30.0 Å². The SMILES string of the molecule is COc1ccc([C@H](C(=O)Nc2ccc([Si](C)(C)C)c(F)c2)N2CCCC2=O)cc1. The van der Waals surface area contributed by atoms with Crippen LogP contribution in [0.15, 0.2) is 42.5 Å². The molecule has 0 unspecified atom stereocenters. The fourth-order valence-electron chi connectivity index (χ4n) is 3.61. The number of nitrogens with one attached hydrogen (secondary N) is 1. The van der Waals surface area contributed by atoms with Crippen LogP contribution in [0.1, 0.15) is 24.4 Å². The third-order valence-electron chi connectivity index (χ3n) is 5.15. The molecule has 7 heteroatoms. The highest BCUT2D eigenvalue weighted by atomic mass is 28.3. The maximum absolute atomic E-state index is 14.6. The molecule has 0 bridgehead atoms. The number of hydrogen-bond donors (Lipinski definition) is 1. The van der Waals surface area contributed by atoms with Crippen LogP contribution in [0, 0.1) is 5.82 Å². The lowest BCUT2D eigenvalue weighted by Crippen LogP contribution is -2.40. The Morgan fingerprint density at radius 2 is 1.86 bits per heavy atom. The number of methoxy groups -OCH3 is 1. The number of ether oxygens (including phenoxy) is 1. The second-order valence-electron chi connectivity index (χ2n) is 8.30. The number of anilines is 1. The van der Waals surface area contributed by atoms with Gasteiger partial charge in [-0.15, -0.1) is 0 Å². The first-order chi connectivity index (χ1) is 13.7. The van der Waals surface area contributed by atoms with Crippen molar-refractivity contribution in [3.8, 4) is 5.75 Å². The Labute approximate surface area is 171 Å². The molecule has 2 amide bonds. The van der Waals surface area contributed by atoms with E-state index in [-0.39, 0.29) is 17.6 Å². The Balaban J connectivity index is 1.88. The summed E-state index contributed by atoms with van der Waals surface area (Å²) < 4.78 is 19.8. The summed E-state index contributed by atoms with van der Waals surface area (Å²) in [7, 11) is -0.236. The molecule has 29 heavy (non-hydrogen) atoms. The van der Waals surface area contributed by atoms with Gasteiger partial charge >= 0.3 is 0 Å². The summed E-state index contributed by atoms with van der Waals surface area (Å²) in [4.78, 5) is 27.1. The Hall–Kier alpha value is -2.67. The Morgan fingerprint density at radius 3 is 2.38 bits per heavy atom. The van der Waals surface area contributed by atoms with Gasteiger partial charge in [-0.2, -0.15) is 0 Å². The van der Waals surface area contributed by atoms with Crippen molar-refractivity contribution in [3.05, 3.63) is 53.8 Å². The number of benzene rings is 2. The van der Waals surface area contributed by atoms with Gasteiger partial charge in [0.05, 0.1) is 15.2 Å². The summed E-state index contributed by atoms with van der Waals surface area (Å²) >= 11 is 0. The van der Waals surface area contributed by atoms with Gasteiger partial charge in [0.2, 0.25) is 5.91 Å². The predicted octanol–water partition coefficient (Wildman–Crippen LogP) is 3.68. The molecule has 0 radical (unpaired) electrons. The van der Waals surface area contributed by atoms with Crippen molar-refractivity contribution in [2.45, 2.75) is 38.5 Å². The molecular formula is C22H27FN2O3Si. The van der Waals surface area contributed by atoms with Crippen LogP contribution in [0.2, 0.25) is 19.6 Å². The summed E-state index contributed by atoms with van der Waals surface area (Å²) in [5.74, 6) is -0.0447. The fraction of sp³-hybridized carbons (Fsp3) is 0.364. The molecule has 0 spiro atoms. The molecule has 1 saturated heterocycles. The van der Waals surface area contributed by atoms with Crippen LogP contribution in [0.5, 0.6) is 5.75 Å². The van der Waals surface area contributed by atoms with Crippen LogP contribution in [0.25, 0.3) is 0 Å². The van der Waals surface area contributed by atoms with E-state index in [1.54, 1.807) is 48.4 Å². The number of hydrogen-bond acceptors (Lipinski definition) is 3. The number of likely N-dealkylation sites (tertiary alicyclic amines) is 1. The van der Waals surface area contributed by atoms with Crippen molar-refractivity contribution in [2.24, 2.45) is 0 Å². The molecule has 0 aromatic heterocycles. The van der Waals surface area contributed by atoms with Crippen molar-refractivity contribution in [1.29, 1.82) is 0 Å². The number of carbonyl (C=O) groups excluding carboxylic acids is 2. The summed E-state index contributed by atoms with van der Waals surface area (Å²) in [6.07, 6.45) is 1.15. The van der Waals surface area contributed by atoms with E-state index in [0.717, 1.165) is 11.6 Å². The van der Waals surface area contributed by atoms with Crippen LogP contribution in [-0.4, -0.2) is 38.4 Å². The van der Waals surface area contributed by atoms with Gasteiger partial charge in [-0.25, -0.2) is 4.39 Å². The van der Waals surface area contributed by atoms with E-state index in [1.807, 2.05) is 0 Å². The molecular weight excluding hydrogens is 387 g/mol. The van der Waals surface area contributed by atoms with Crippen LogP contribution >= 0.6 is 0 Å². The third-order valence-corrected chi connectivity index (χ3v) is 7.17. The van der Waals surface area contributed by atoms with Gasteiger partial charge in [-0.1, -0.05) is 37.8 Å². The molecule has 5 nitrogen and oxygen atoms in total. The number of nitrogens with zero attached hydrogens (tertiary/aromatic N) is 1. The van der Waals surface area contributed by atoms with Crippen molar-refractivity contribution >= 4 is 30.8 Å². The molecule has 1 aliphatic heterocycles. The van der Waals surface area contributed by atoms with E-state index in [9.17, 15) is 14.0 Å². The quantitative estimate of drug-likeness (QED) is 0.734.